The Kier molecular flexibility index (Phi) is 6.32. The molecular weight excluding hydrogens is 198 g/mol. The maximum absolute atomic E-state index is 6.08. The molecule has 1 fully saturated rings. The third-order valence-electron chi connectivity index (χ3n) is 3.63. The smallest absolute Gasteiger partial charge is 0.0194 e. The van der Waals surface area contributed by atoms with Gasteiger partial charge in [-0.15, -0.1) is 0 Å². The number of hydrogen-bond donors (Lipinski definition) is 1. The van der Waals surface area contributed by atoms with Crippen LogP contribution in [0.3, 0.4) is 0 Å². The van der Waals surface area contributed by atoms with Crippen molar-refractivity contribution in [3.63, 3.8) is 0 Å². The molecule has 0 aromatic carbocycles. The maximum atomic E-state index is 6.08. The lowest BCUT2D eigenvalue weighted by Crippen LogP contribution is -2.40. The summed E-state index contributed by atoms with van der Waals surface area (Å²) >= 11 is 0. The number of nitrogens with zero attached hydrogens (tertiary/aromatic N) is 2. The first-order valence-electron chi connectivity index (χ1n) is 6.81. The first kappa shape index (κ1) is 13.9. The van der Waals surface area contributed by atoms with E-state index in [2.05, 4.69) is 30.7 Å². The first-order valence-corrected chi connectivity index (χ1v) is 6.81. The minimum atomic E-state index is 0.401. The van der Waals surface area contributed by atoms with Crippen molar-refractivity contribution in [1.29, 1.82) is 0 Å². The van der Waals surface area contributed by atoms with Crippen LogP contribution < -0.4 is 5.73 Å². The van der Waals surface area contributed by atoms with Gasteiger partial charge in [-0.2, -0.15) is 0 Å². The topological polar surface area (TPSA) is 32.5 Å². The highest BCUT2D eigenvalue weighted by molar-refractivity contribution is 4.76. The third kappa shape index (κ3) is 4.81. The van der Waals surface area contributed by atoms with Crippen molar-refractivity contribution in [3.8, 4) is 0 Å². The Morgan fingerprint density at radius 3 is 2.75 bits per heavy atom. The minimum Gasteiger partial charge on any atom is -0.328 e. The summed E-state index contributed by atoms with van der Waals surface area (Å²) in [6.07, 6.45) is 4.83. The summed E-state index contributed by atoms with van der Waals surface area (Å²) in [4.78, 5) is 5.05. The van der Waals surface area contributed by atoms with Crippen molar-refractivity contribution in [2.75, 3.05) is 33.2 Å². The standard InChI is InChI=1S/C13H29N3/c1-4-6-13(14)7-10-16-9-5-8-15(3)11-12(16)2/h12-13H,4-11,14H2,1-3H3. The zero-order valence-electron chi connectivity index (χ0n) is 11.3. The van der Waals surface area contributed by atoms with E-state index >= 15 is 0 Å². The van der Waals surface area contributed by atoms with Gasteiger partial charge in [-0.05, 0) is 52.9 Å². The van der Waals surface area contributed by atoms with Gasteiger partial charge in [0.15, 0.2) is 0 Å². The van der Waals surface area contributed by atoms with Crippen molar-refractivity contribution in [1.82, 2.24) is 9.80 Å². The fourth-order valence-electron chi connectivity index (χ4n) is 2.60. The van der Waals surface area contributed by atoms with Crippen LogP contribution in [0.2, 0.25) is 0 Å². The molecule has 0 aliphatic carbocycles. The second-order valence-electron chi connectivity index (χ2n) is 5.34. The molecule has 0 aromatic rings. The summed E-state index contributed by atoms with van der Waals surface area (Å²) in [6.45, 7) is 9.40. The largest absolute Gasteiger partial charge is 0.328 e. The van der Waals surface area contributed by atoms with E-state index in [1.165, 1.54) is 45.4 Å². The van der Waals surface area contributed by atoms with Crippen LogP contribution in [0, 0.1) is 0 Å². The second kappa shape index (κ2) is 7.25. The molecule has 1 saturated heterocycles. The lowest BCUT2D eigenvalue weighted by atomic mass is 10.1. The zero-order valence-corrected chi connectivity index (χ0v) is 11.3. The second-order valence-corrected chi connectivity index (χ2v) is 5.34. The zero-order chi connectivity index (χ0) is 12.0. The lowest BCUT2D eigenvalue weighted by Gasteiger charge is -2.28. The van der Waals surface area contributed by atoms with E-state index < -0.39 is 0 Å². The molecular formula is C13H29N3. The molecule has 0 bridgehead atoms. The van der Waals surface area contributed by atoms with Gasteiger partial charge in [0.05, 0.1) is 0 Å². The van der Waals surface area contributed by atoms with Gasteiger partial charge in [0.2, 0.25) is 0 Å². The van der Waals surface area contributed by atoms with Crippen LogP contribution in [0.5, 0.6) is 0 Å². The van der Waals surface area contributed by atoms with Crippen LogP contribution in [0.25, 0.3) is 0 Å². The number of nitrogens with two attached hydrogens (primary N) is 1. The van der Waals surface area contributed by atoms with Crippen LogP contribution in [-0.4, -0.2) is 55.1 Å². The van der Waals surface area contributed by atoms with Gasteiger partial charge in [-0.1, -0.05) is 13.3 Å². The number of hydrogen-bond acceptors (Lipinski definition) is 3. The van der Waals surface area contributed by atoms with Gasteiger partial charge in [0.1, 0.15) is 0 Å². The molecule has 2 unspecified atom stereocenters. The Bertz CT molecular complexity index is 184. The molecule has 3 nitrogen and oxygen atoms in total. The molecule has 0 saturated carbocycles. The molecule has 0 radical (unpaired) electrons. The van der Waals surface area contributed by atoms with Gasteiger partial charge in [0, 0.05) is 18.6 Å². The SMILES string of the molecule is CCCC(N)CCN1CCCN(C)CC1C. The Morgan fingerprint density at radius 2 is 2.06 bits per heavy atom. The van der Waals surface area contributed by atoms with Crippen molar-refractivity contribution >= 4 is 0 Å². The third-order valence-corrected chi connectivity index (χ3v) is 3.63. The van der Waals surface area contributed by atoms with E-state index in [1.54, 1.807) is 0 Å². The Labute approximate surface area is 101 Å². The Balaban J connectivity index is 2.29. The summed E-state index contributed by atoms with van der Waals surface area (Å²) < 4.78 is 0. The summed E-state index contributed by atoms with van der Waals surface area (Å²) in [5, 5.41) is 0. The van der Waals surface area contributed by atoms with Gasteiger partial charge in [0.25, 0.3) is 0 Å². The highest BCUT2D eigenvalue weighted by Crippen LogP contribution is 2.10. The van der Waals surface area contributed by atoms with E-state index in [0.29, 0.717) is 12.1 Å². The molecule has 0 aromatic heterocycles. The molecule has 3 heteroatoms. The first-order chi connectivity index (χ1) is 7.63. The van der Waals surface area contributed by atoms with Gasteiger partial charge in [-0.25, -0.2) is 0 Å². The average Bonchev–Trinajstić information content (AvgIpc) is 2.37. The minimum absolute atomic E-state index is 0.401. The van der Waals surface area contributed by atoms with Crippen molar-refractivity contribution in [3.05, 3.63) is 0 Å². The lowest BCUT2D eigenvalue weighted by molar-refractivity contribution is 0.195. The van der Waals surface area contributed by atoms with E-state index in [1.807, 2.05) is 0 Å². The van der Waals surface area contributed by atoms with E-state index in [-0.39, 0.29) is 0 Å². The normalized spacial score (nSPS) is 26.6. The highest BCUT2D eigenvalue weighted by atomic mass is 15.2. The Hall–Kier alpha value is -0.120. The molecule has 16 heavy (non-hydrogen) atoms. The molecule has 1 aliphatic rings. The van der Waals surface area contributed by atoms with E-state index in [0.717, 1.165) is 6.42 Å². The molecule has 0 amide bonds. The molecule has 2 N–H and O–H groups in total. The van der Waals surface area contributed by atoms with E-state index in [4.69, 9.17) is 5.73 Å². The van der Waals surface area contributed by atoms with Crippen LogP contribution in [0.4, 0.5) is 0 Å². The maximum Gasteiger partial charge on any atom is 0.0194 e. The van der Waals surface area contributed by atoms with Crippen LogP contribution in [-0.2, 0) is 0 Å². The quantitative estimate of drug-likeness (QED) is 0.773. The summed E-state index contributed by atoms with van der Waals surface area (Å²) in [5.41, 5.74) is 6.08. The predicted molar refractivity (Wildman–Crippen MR) is 70.6 cm³/mol. The molecule has 96 valence electrons. The summed E-state index contributed by atoms with van der Waals surface area (Å²) in [6, 6.07) is 1.08. The fourth-order valence-corrected chi connectivity index (χ4v) is 2.60. The molecule has 0 spiro atoms. The fraction of sp³-hybridized carbons (Fsp3) is 1.00. The predicted octanol–water partition coefficient (Wildman–Crippen LogP) is 1.53. The Morgan fingerprint density at radius 1 is 1.31 bits per heavy atom. The van der Waals surface area contributed by atoms with Gasteiger partial charge in [-0.3, -0.25) is 4.90 Å². The van der Waals surface area contributed by atoms with Crippen LogP contribution >= 0.6 is 0 Å². The van der Waals surface area contributed by atoms with Crippen molar-refractivity contribution in [2.45, 2.75) is 51.6 Å². The van der Waals surface area contributed by atoms with Gasteiger partial charge >= 0.3 is 0 Å². The molecule has 1 aliphatic heterocycles. The van der Waals surface area contributed by atoms with Crippen LogP contribution in [0.15, 0.2) is 0 Å². The highest BCUT2D eigenvalue weighted by Gasteiger charge is 2.19. The van der Waals surface area contributed by atoms with Gasteiger partial charge < -0.3 is 10.6 Å². The molecule has 1 rings (SSSR count). The van der Waals surface area contributed by atoms with Crippen LogP contribution in [0.1, 0.15) is 39.5 Å². The van der Waals surface area contributed by atoms with E-state index in [9.17, 15) is 0 Å². The molecule has 2 atom stereocenters. The summed E-state index contributed by atoms with van der Waals surface area (Å²) in [7, 11) is 2.23. The monoisotopic (exact) mass is 227 g/mol. The van der Waals surface area contributed by atoms with Crippen molar-refractivity contribution < 1.29 is 0 Å². The average molecular weight is 227 g/mol. The molecule has 1 heterocycles. The number of likely N-dealkylation sites (N-methyl/N-ethyl adjacent to an activating group) is 1. The van der Waals surface area contributed by atoms with Crippen molar-refractivity contribution in [2.24, 2.45) is 5.73 Å². The summed E-state index contributed by atoms with van der Waals surface area (Å²) in [5.74, 6) is 0. The number of rotatable bonds is 5.